The van der Waals surface area contributed by atoms with E-state index in [2.05, 4.69) is 134 Å². The second-order valence-electron chi connectivity index (χ2n) is 8.21. The normalized spacial score (nSPS) is 11.8. The Morgan fingerprint density at radius 3 is 0.818 bits per heavy atom. The summed E-state index contributed by atoms with van der Waals surface area (Å²) in [5.41, 5.74) is 0. The molecule has 168 valence electrons. The Kier molecular flexibility index (Phi) is 9.16. The first kappa shape index (κ1) is 24.6. The minimum Gasteiger partial charge on any atom is -0.115 e. The maximum atomic E-state index is 2.57. The van der Waals surface area contributed by atoms with Crippen LogP contribution in [0.1, 0.15) is 0 Å². The lowest BCUT2D eigenvalue weighted by Gasteiger charge is -2.38. The summed E-state index contributed by atoms with van der Waals surface area (Å²) >= 11 is 8.15. The van der Waals surface area contributed by atoms with Gasteiger partial charge in [-0.1, -0.05) is 85.9 Å². The van der Waals surface area contributed by atoms with Crippen LogP contribution in [0.5, 0.6) is 0 Å². The molecule has 0 spiro atoms. The summed E-state index contributed by atoms with van der Waals surface area (Å²) in [6.45, 7) is 5.14. The van der Waals surface area contributed by atoms with Crippen molar-refractivity contribution in [1.82, 2.24) is 0 Å². The van der Waals surface area contributed by atoms with E-state index in [0.717, 1.165) is 0 Å². The van der Waals surface area contributed by atoms with Crippen molar-refractivity contribution in [2.45, 2.75) is 41.1 Å². The average molecular weight is 521 g/mol. The Labute approximate surface area is 216 Å². The van der Waals surface area contributed by atoms with Crippen LogP contribution in [0.4, 0.5) is 0 Å². The molecule has 33 heavy (non-hydrogen) atoms. The van der Waals surface area contributed by atoms with Gasteiger partial charge in [0.05, 0.1) is 8.41 Å². The zero-order valence-corrected chi connectivity index (χ0v) is 23.1. The van der Waals surface area contributed by atoms with Crippen LogP contribution >= 0.6 is 47.0 Å². The third-order valence-corrected chi connectivity index (χ3v) is 20.5. The monoisotopic (exact) mass is 520 g/mol. The SMILES string of the molecule is C[Si](C)(C(Sc1ccccc1)Sc1ccccc1)C(Sc1ccccc1)Sc1ccccc1. The van der Waals surface area contributed by atoms with Crippen LogP contribution in [0, 0.1) is 0 Å². The van der Waals surface area contributed by atoms with Gasteiger partial charge < -0.3 is 0 Å². The molecule has 5 heteroatoms. The van der Waals surface area contributed by atoms with Gasteiger partial charge >= 0.3 is 0 Å². The molecule has 0 atom stereocenters. The van der Waals surface area contributed by atoms with Crippen LogP contribution < -0.4 is 0 Å². The molecule has 0 aliphatic rings. The van der Waals surface area contributed by atoms with E-state index in [9.17, 15) is 0 Å². The lowest BCUT2D eigenvalue weighted by atomic mass is 10.4. The van der Waals surface area contributed by atoms with Gasteiger partial charge in [0.2, 0.25) is 0 Å². The van der Waals surface area contributed by atoms with E-state index in [1.165, 1.54) is 19.6 Å². The standard InChI is InChI=1S/C28H28S4Si/c1-33(2,27(29-23-15-7-3-8-16-23)30-24-17-9-4-10-18-24)28(31-25-19-11-5-12-20-25)32-26-21-13-6-14-22-26/h3-22,27-28H,1-2H3. The van der Waals surface area contributed by atoms with E-state index in [4.69, 9.17) is 0 Å². The fourth-order valence-electron chi connectivity index (χ4n) is 3.26. The third-order valence-electron chi connectivity index (χ3n) is 5.16. The number of hydrogen-bond acceptors (Lipinski definition) is 4. The van der Waals surface area contributed by atoms with E-state index in [1.54, 1.807) is 0 Å². The van der Waals surface area contributed by atoms with E-state index >= 15 is 0 Å². The molecule has 0 fully saturated rings. The molecule has 0 nitrogen and oxygen atoms in total. The van der Waals surface area contributed by atoms with Crippen LogP contribution in [0.15, 0.2) is 141 Å². The molecule has 0 aliphatic carbocycles. The Balaban J connectivity index is 1.67. The highest BCUT2D eigenvalue weighted by atomic mass is 32.2. The summed E-state index contributed by atoms with van der Waals surface area (Å²) in [6, 6.07) is 43.6. The summed E-state index contributed by atoms with van der Waals surface area (Å²) in [5, 5.41) is 0. The van der Waals surface area contributed by atoms with Gasteiger partial charge in [-0.2, -0.15) is 0 Å². The molecule has 4 aromatic rings. The van der Waals surface area contributed by atoms with Gasteiger partial charge in [0.1, 0.15) is 8.07 Å². The second-order valence-corrected chi connectivity index (χ2v) is 20.0. The first-order valence-corrected chi connectivity index (χ1v) is 17.7. The van der Waals surface area contributed by atoms with Crippen molar-refractivity contribution < 1.29 is 0 Å². The Morgan fingerprint density at radius 2 is 0.606 bits per heavy atom. The number of rotatable bonds is 10. The Bertz CT molecular complexity index is 918. The number of benzene rings is 4. The zero-order valence-electron chi connectivity index (χ0n) is 18.8. The molecule has 0 N–H and O–H groups in total. The highest BCUT2D eigenvalue weighted by molar-refractivity contribution is 8.23. The summed E-state index contributed by atoms with van der Waals surface area (Å²) in [5.74, 6) is 0. The van der Waals surface area contributed by atoms with Gasteiger partial charge in [0.15, 0.2) is 0 Å². The van der Waals surface area contributed by atoms with Crippen molar-refractivity contribution in [3.05, 3.63) is 121 Å². The lowest BCUT2D eigenvalue weighted by molar-refractivity contribution is 1.40. The van der Waals surface area contributed by atoms with Crippen molar-refractivity contribution in [3.8, 4) is 0 Å². The summed E-state index contributed by atoms with van der Waals surface area (Å²) in [4.78, 5) is 5.39. The minimum atomic E-state index is -1.84. The summed E-state index contributed by atoms with van der Waals surface area (Å²) in [6.07, 6.45) is 0. The zero-order chi connectivity index (χ0) is 22.9. The van der Waals surface area contributed by atoms with E-state index in [0.29, 0.717) is 8.41 Å². The van der Waals surface area contributed by atoms with Crippen LogP contribution in [0.3, 0.4) is 0 Å². The Hall–Kier alpha value is -1.50. The second kappa shape index (κ2) is 12.3. The van der Waals surface area contributed by atoms with Crippen molar-refractivity contribution in [1.29, 1.82) is 0 Å². The molecule has 0 unspecified atom stereocenters. The van der Waals surface area contributed by atoms with Gasteiger partial charge in [-0.15, -0.1) is 47.0 Å². The van der Waals surface area contributed by atoms with E-state index in [1.807, 2.05) is 47.0 Å². The van der Waals surface area contributed by atoms with Crippen molar-refractivity contribution in [2.75, 3.05) is 0 Å². The molecule has 0 aliphatic heterocycles. The highest BCUT2D eigenvalue weighted by Crippen LogP contribution is 2.49. The van der Waals surface area contributed by atoms with Gasteiger partial charge in [0.25, 0.3) is 0 Å². The molecule has 0 saturated heterocycles. The molecule has 4 aromatic carbocycles. The molecule has 0 radical (unpaired) electrons. The number of hydrogen-bond donors (Lipinski definition) is 0. The van der Waals surface area contributed by atoms with Crippen molar-refractivity contribution >= 4 is 55.1 Å². The van der Waals surface area contributed by atoms with Crippen LogP contribution in [0.25, 0.3) is 0 Å². The van der Waals surface area contributed by atoms with E-state index in [-0.39, 0.29) is 0 Å². The largest absolute Gasteiger partial charge is 0.115 e. The van der Waals surface area contributed by atoms with Gasteiger partial charge in [-0.3, -0.25) is 0 Å². The molecule has 0 amide bonds. The van der Waals surface area contributed by atoms with E-state index < -0.39 is 8.07 Å². The summed E-state index contributed by atoms with van der Waals surface area (Å²) in [7, 11) is -1.84. The fourth-order valence-corrected chi connectivity index (χ4v) is 16.6. The quantitative estimate of drug-likeness (QED) is 0.116. The molecule has 0 heterocycles. The lowest BCUT2D eigenvalue weighted by Crippen LogP contribution is -2.46. The van der Waals surface area contributed by atoms with Gasteiger partial charge in [-0.25, -0.2) is 0 Å². The molecule has 0 saturated carbocycles. The first-order chi connectivity index (χ1) is 16.1. The maximum Gasteiger partial charge on any atom is 0.102 e. The van der Waals surface area contributed by atoms with Crippen LogP contribution in [0.2, 0.25) is 13.1 Å². The Morgan fingerprint density at radius 1 is 0.394 bits per heavy atom. The summed E-state index contributed by atoms with van der Waals surface area (Å²) < 4.78 is 0.944. The topological polar surface area (TPSA) is 0 Å². The van der Waals surface area contributed by atoms with Crippen LogP contribution in [-0.2, 0) is 0 Å². The van der Waals surface area contributed by atoms with Crippen LogP contribution in [-0.4, -0.2) is 16.5 Å². The third kappa shape index (κ3) is 7.24. The number of thioether (sulfide) groups is 4. The average Bonchev–Trinajstić information content (AvgIpc) is 2.86. The van der Waals surface area contributed by atoms with Crippen molar-refractivity contribution in [3.63, 3.8) is 0 Å². The maximum absolute atomic E-state index is 2.57. The molecule has 0 bridgehead atoms. The van der Waals surface area contributed by atoms with Crippen molar-refractivity contribution in [2.24, 2.45) is 0 Å². The molecule has 0 aromatic heterocycles. The highest BCUT2D eigenvalue weighted by Gasteiger charge is 2.42. The fraction of sp³-hybridized carbons (Fsp3) is 0.143. The van der Waals surface area contributed by atoms with Gasteiger partial charge in [0, 0.05) is 19.6 Å². The smallest absolute Gasteiger partial charge is 0.102 e. The molecular weight excluding hydrogens is 493 g/mol. The predicted octanol–water partition coefficient (Wildman–Crippen LogP) is 9.59. The first-order valence-electron chi connectivity index (χ1n) is 11.0. The van der Waals surface area contributed by atoms with Gasteiger partial charge in [-0.05, 0) is 48.5 Å². The minimum absolute atomic E-state index is 0.472. The predicted molar refractivity (Wildman–Crippen MR) is 154 cm³/mol. The molecular formula is C28H28S4Si. The molecule has 4 rings (SSSR count).